The van der Waals surface area contributed by atoms with Gasteiger partial charge in [-0.3, -0.25) is 19.7 Å². The van der Waals surface area contributed by atoms with Gasteiger partial charge in [-0.2, -0.15) is 0 Å². The summed E-state index contributed by atoms with van der Waals surface area (Å²) < 4.78 is 27.7. The third-order valence-electron chi connectivity index (χ3n) is 5.01. The minimum atomic E-state index is -3.79. The zero-order valence-electron chi connectivity index (χ0n) is 19.2. The Morgan fingerprint density at radius 1 is 1.08 bits per heavy atom. The van der Waals surface area contributed by atoms with Crippen LogP contribution in [0.3, 0.4) is 0 Å². The second kappa shape index (κ2) is 14.0. The molecule has 0 atom stereocenters. The molecule has 196 valence electrons. The molecular weight excluding hydrogens is 535 g/mol. The molecule has 0 unspecified atom stereocenters. The maximum atomic E-state index is 12.8. The van der Waals surface area contributed by atoms with Crippen molar-refractivity contribution in [3.05, 3.63) is 63.7 Å². The number of nitro benzene ring substituents is 1. The van der Waals surface area contributed by atoms with Gasteiger partial charge < -0.3 is 15.0 Å². The van der Waals surface area contributed by atoms with E-state index in [2.05, 4.69) is 5.32 Å². The number of esters is 1. The van der Waals surface area contributed by atoms with Crippen molar-refractivity contribution in [1.29, 1.82) is 0 Å². The van der Waals surface area contributed by atoms with Crippen LogP contribution >= 0.6 is 23.2 Å². The van der Waals surface area contributed by atoms with Crippen LogP contribution in [0.1, 0.15) is 22.3 Å². The Hall–Kier alpha value is -2.93. The Kier molecular flexibility index (Phi) is 11.4. The number of nitro groups is 1. The lowest BCUT2D eigenvalue weighted by atomic mass is 10.1. The molecule has 0 bridgehead atoms. The van der Waals surface area contributed by atoms with Gasteiger partial charge >= 0.3 is 5.97 Å². The third kappa shape index (κ3) is 8.94. The number of alkyl halides is 2. The van der Waals surface area contributed by atoms with Gasteiger partial charge in [0.2, 0.25) is 10.0 Å². The molecular formula is C22H26Cl2N4O7S. The quantitative estimate of drug-likeness (QED) is 0.117. The van der Waals surface area contributed by atoms with Crippen LogP contribution in [0, 0.1) is 10.1 Å². The number of carbonyl (C=O) groups excluding carboxylic acids is 2. The molecule has 0 radical (unpaired) electrons. The van der Waals surface area contributed by atoms with E-state index in [0.29, 0.717) is 25.2 Å². The second-order valence-electron chi connectivity index (χ2n) is 7.49. The molecule has 14 heteroatoms. The Labute approximate surface area is 218 Å². The van der Waals surface area contributed by atoms with Gasteiger partial charge in [0.05, 0.1) is 27.6 Å². The van der Waals surface area contributed by atoms with Crippen molar-refractivity contribution < 1.29 is 27.7 Å². The number of amides is 1. The fourth-order valence-corrected chi connectivity index (χ4v) is 4.16. The van der Waals surface area contributed by atoms with Crippen LogP contribution in [0.4, 0.5) is 11.4 Å². The van der Waals surface area contributed by atoms with Gasteiger partial charge in [0.1, 0.15) is 6.61 Å². The standard InChI is InChI=1S/C22H26Cl2N4O7S/c23-9-12-27(13-10-24)20-7-4-17(28(31)32)15-19(20)22(30)26-11-14-35-21(29)8-3-16-1-5-18(6-2-16)36(25,33)34/h1-2,4-7,15H,3,8-14H2,(H,26,30)(H2,25,33,34). The third-order valence-corrected chi connectivity index (χ3v) is 6.27. The number of nitrogens with zero attached hydrogens (tertiary/aromatic N) is 2. The molecule has 0 aliphatic rings. The number of benzene rings is 2. The van der Waals surface area contributed by atoms with Crippen molar-refractivity contribution in [3.63, 3.8) is 0 Å². The van der Waals surface area contributed by atoms with Crippen LogP contribution < -0.4 is 15.4 Å². The van der Waals surface area contributed by atoms with Crippen molar-refractivity contribution in [3.8, 4) is 0 Å². The zero-order chi connectivity index (χ0) is 26.7. The highest BCUT2D eigenvalue weighted by Crippen LogP contribution is 2.26. The zero-order valence-corrected chi connectivity index (χ0v) is 21.5. The molecule has 0 saturated carbocycles. The van der Waals surface area contributed by atoms with E-state index in [1.165, 1.54) is 30.3 Å². The lowest BCUT2D eigenvalue weighted by molar-refractivity contribution is -0.384. The topological polar surface area (TPSA) is 162 Å². The summed E-state index contributed by atoms with van der Waals surface area (Å²) in [4.78, 5) is 37.1. The Morgan fingerprint density at radius 3 is 2.28 bits per heavy atom. The molecule has 0 saturated heterocycles. The first-order valence-corrected chi connectivity index (χ1v) is 13.4. The van der Waals surface area contributed by atoms with E-state index in [1.54, 1.807) is 17.0 Å². The number of anilines is 1. The summed E-state index contributed by atoms with van der Waals surface area (Å²) in [5.74, 6) is -0.553. The fraction of sp³-hybridized carbons (Fsp3) is 0.364. The number of ether oxygens (including phenoxy) is 1. The van der Waals surface area contributed by atoms with Crippen molar-refractivity contribution in [2.75, 3.05) is 42.9 Å². The van der Waals surface area contributed by atoms with Crippen molar-refractivity contribution >= 4 is 56.5 Å². The van der Waals surface area contributed by atoms with E-state index < -0.39 is 26.8 Å². The van der Waals surface area contributed by atoms with E-state index >= 15 is 0 Å². The van der Waals surface area contributed by atoms with E-state index in [0.717, 1.165) is 5.56 Å². The molecule has 0 aliphatic carbocycles. The van der Waals surface area contributed by atoms with Gasteiger partial charge in [-0.05, 0) is 30.2 Å². The normalized spacial score (nSPS) is 11.1. The average Bonchev–Trinajstić information content (AvgIpc) is 2.84. The summed E-state index contributed by atoms with van der Waals surface area (Å²) in [6, 6.07) is 9.77. The van der Waals surface area contributed by atoms with Gasteiger partial charge in [0.25, 0.3) is 11.6 Å². The molecule has 0 fully saturated rings. The van der Waals surface area contributed by atoms with Gasteiger partial charge in [-0.1, -0.05) is 12.1 Å². The summed E-state index contributed by atoms with van der Waals surface area (Å²) in [6.45, 7) is 0.649. The van der Waals surface area contributed by atoms with Crippen LogP contribution in [0.2, 0.25) is 0 Å². The number of halogens is 2. The number of non-ortho nitro benzene ring substituents is 1. The molecule has 2 aromatic rings. The van der Waals surface area contributed by atoms with Crippen LogP contribution in [0.25, 0.3) is 0 Å². The minimum absolute atomic E-state index is 0.0131. The number of rotatable bonds is 14. The molecule has 11 nitrogen and oxygen atoms in total. The monoisotopic (exact) mass is 560 g/mol. The molecule has 0 aromatic heterocycles. The van der Waals surface area contributed by atoms with E-state index in [1.807, 2.05) is 0 Å². The Balaban J connectivity index is 1.91. The first-order chi connectivity index (χ1) is 17.1. The van der Waals surface area contributed by atoms with Gasteiger partial charge in [-0.15, -0.1) is 23.2 Å². The molecule has 2 aromatic carbocycles. The largest absolute Gasteiger partial charge is 0.464 e. The minimum Gasteiger partial charge on any atom is -0.464 e. The summed E-state index contributed by atoms with van der Waals surface area (Å²) in [6.07, 6.45) is 0.369. The lowest BCUT2D eigenvalue weighted by Crippen LogP contribution is -2.33. The maximum absolute atomic E-state index is 12.8. The molecule has 36 heavy (non-hydrogen) atoms. The molecule has 0 heterocycles. The first-order valence-electron chi connectivity index (χ1n) is 10.8. The van der Waals surface area contributed by atoms with Gasteiger partial charge in [0, 0.05) is 43.4 Å². The van der Waals surface area contributed by atoms with Crippen LogP contribution in [-0.2, 0) is 26.0 Å². The molecule has 2 rings (SSSR count). The number of primary sulfonamides is 1. The van der Waals surface area contributed by atoms with Crippen LogP contribution in [0.15, 0.2) is 47.4 Å². The number of hydrogen-bond acceptors (Lipinski definition) is 8. The van der Waals surface area contributed by atoms with E-state index in [-0.39, 0.29) is 47.5 Å². The number of hydrogen-bond donors (Lipinski definition) is 2. The number of nitrogens with one attached hydrogen (secondary N) is 1. The molecule has 3 N–H and O–H groups in total. The highest BCUT2D eigenvalue weighted by Gasteiger charge is 2.20. The Bertz CT molecular complexity index is 1170. The SMILES string of the molecule is NS(=O)(=O)c1ccc(CCC(=O)OCCNC(=O)c2cc([N+](=O)[O-])ccc2N(CCCl)CCCl)cc1. The average molecular weight is 561 g/mol. The summed E-state index contributed by atoms with van der Waals surface area (Å²) in [5.41, 5.74) is 1.01. The number of sulfonamides is 1. The number of carbonyl (C=O) groups is 2. The number of aryl methyl sites for hydroxylation is 1. The molecule has 0 aliphatic heterocycles. The van der Waals surface area contributed by atoms with E-state index in [9.17, 15) is 28.1 Å². The maximum Gasteiger partial charge on any atom is 0.306 e. The van der Waals surface area contributed by atoms with E-state index in [4.69, 9.17) is 33.1 Å². The number of nitrogens with two attached hydrogens (primary N) is 1. The second-order valence-corrected chi connectivity index (χ2v) is 9.81. The van der Waals surface area contributed by atoms with Gasteiger partial charge in [-0.25, -0.2) is 13.6 Å². The lowest BCUT2D eigenvalue weighted by Gasteiger charge is -2.25. The van der Waals surface area contributed by atoms with Crippen molar-refractivity contribution in [1.82, 2.24) is 5.32 Å². The van der Waals surface area contributed by atoms with Crippen molar-refractivity contribution in [2.24, 2.45) is 5.14 Å². The predicted molar refractivity (Wildman–Crippen MR) is 136 cm³/mol. The molecule has 0 spiro atoms. The van der Waals surface area contributed by atoms with Crippen LogP contribution in [0.5, 0.6) is 0 Å². The molecule has 1 amide bonds. The predicted octanol–water partition coefficient (Wildman–Crippen LogP) is 2.43. The Morgan fingerprint density at radius 2 is 1.72 bits per heavy atom. The highest BCUT2D eigenvalue weighted by atomic mass is 35.5. The summed E-state index contributed by atoms with van der Waals surface area (Å²) >= 11 is 11.7. The first kappa shape index (κ1) is 29.3. The van der Waals surface area contributed by atoms with Crippen molar-refractivity contribution in [2.45, 2.75) is 17.7 Å². The van der Waals surface area contributed by atoms with Crippen LogP contribution in [-0.4, -0.2) is 63.2 Å². The highest BCUT2D eigenvalue weighted by molar-refractivity contribution is 7.89. The summed E-state index contributed by atoms with van der Waals surface area (Å²) in [7, 11) is -3.79. The smallest absolute Gasteiger partial charge is 0.306 e. The fourth-order valence-electron chi connectivity index (χ4n) is 3.24. The van der Waals surface area contributed by atoms with Gasteiger partial charge in [0.15, 0.2) is 0 Å². The summed E-state index contributed by atoms with van der Waals surface area (Å²) in [5, 5.41) is 18.8.